The lowest BCUT2D eigenvalue weighted by atomic mass is 10.1. The van der Waals surface area contributed by atoms with Crippen molar-refractivity contribution >= 4 is 28.3 Å². The fraction of sp³-hybridized carbons (Fsp3) is 0.214. The fourth-order valence-corrected chi connectivity index (χ4v) is 2.45. The van der Waals surface area contributed by atoms with Crippen molar-refractivity contribution in [2.24, 2.45) is 0 Å². The van der Waals surface area contributed by atoms with Gasteiger partial charge in [-0.2, -0.15) is 0 Å². The maximum absolute atomic E-state index is 11.8. The third-order valence-corrected chi connectivity index (χ3v) is 3.48. The number of thiazole rings is 1. The molecule has 1 aromatic heterocycles. The number of aromatic carboxylic acids is 1. The van der Waals surface area contributed by atoms with Gasteiger partial charge in [0, 0.05) is 5.38 Å². The Kier molecular flexibility index (Phi) is 4.54. The summed E-state index contributed by atoms with van der Waals surface area (Å²) in [6.45, 7) is 3.65. The molecule has 7 heteroatoms. The van der Waals surface area contributed by atoms with E-state index in [4.69, 9.17) is 9.84 Å². The first-order chi connectivity index (χ1) is 9.97. The van der Waals surface area contributed by atoms with Crippen LogP contribution in [0, 0.1) is 13.8 Å². The minimum Gasteiger partial charge on any atom is -0.483 e. The smallest absolute Gasteiger partial charge is 0.355 e. The fourth-order valence-electron chi connectivity index (χ4n) is 1.75. The average molecular weight is 306 g/mol. The molecule has 110 valence electrons. The summed E-state index contributed by atoms with van der Waals surface area (Å²) in [6.07, 6.45) is 0. The number of hydrogen-bond donors (Lipinski definition) is 2. The van der Waals surface area contributed by atoms with Crippen molar-refractivity contribution in [1.29, 1.82) is 0 Å². The number of aryl methyl sites for hydroxylation is 2. The Morgan fingerprint density at radius 2 is 2.00 bits per heavy atom. The van der Waals surface area contributed by atoms with E-state index in [-0.39, 0.29) is 23.3 Å². The summed E-state index contributed by atoms with van der Waals surface area (Å²) in [4.78, 5) is 26.2. The standard InChI is InChI=1S/C14H14N2O4S/c1-8-4-3-5-9(2)12(8)20-6-11(17)16-14-15-10(7-21-14)13(18)19/h3-5,7H,6H2,1-2H3,(H,18,19)(H,15,16,17). The van der Waals surface area contributed by atoms with Crippen LogP contribution in [0.5, 0.6) is 5.75 Å². The van der Waals surface area contributed by atoms with Gasteiger partial charge in [-0.25, -0.2) is 9.78 Å². The van der Waals surface area contributed by atoms with Crippen molar-refractivity contribution in [3.63, 3.8) is 0 Å². The Balaban J connectivity index is 1.94. The number of nitrogens with zero attached hydrogens (tertiary/aromatic N) is 1. The molecule has 0 spiro atoms. The van der Waals surface area contributed by atoms with E-state index in [2.05, 4.69) is 10.3 Å². The van der Waals surface area contributed by atoms with Gasteiger partial charge in [0.05, 0.1) is 0 Å². The van der Waals surface area contributed by atoms with Crippen LogP contribution in [0.25, 0.3) is 0 Å². The lowest BCUT2D eigenvalue weighted by molar-refractivity contribution is -0.118. The predicted molar refractivity (Wildman–Crippen MR) is 79.1 cm³/mol. The maximum atomic E-state index is 11.8. The van der Waals surface area contributed by atoms with E-state index in [9.17, 15) is 9.59 Å². The van der Waals surface area contributed by atoms with Crippen LogP contribution < -0.4 is 10.1 Å². The van der Waals surface area contributed by atoms with E-state index >= 15 is 0 Å². The number of hydrogen-bond acceptors (Lipinski definition) is 5. The summed E-state index contributed by atoms with van der Waals surface area (Å²) < 4.78 is 5.50. The largest absolute Gasteiger partial charge is 0.483 e. The van der Waals surface area contributed by atoms with Gasteiger partial charge in [0.15, 0.2) is 17.4 Å². The molecule has 1 heterocycles. The Labute approximate surface area is 125 Å². The molecule has 0 saturated heterocycles. The number of benzene rings is 1. The number of carbonyl (C=O) groups excluding carboxylic acids is 1. The van der Waals surface area contributed by atoms with Gasteiger partial charge in [-0.15, -0.1) is 11.3 Å². The van der Waals surface area contributed by atoms with Crippen LogP contribution in [-0.2, 0) is 4.79 Å². The molecular formula is C14H14N2O4S. The second-order valence-corrected chi connectivity index (χ2v) is 5.26. The number of carboxylic acids is 1. The molecule has 2 aromatic rings. The van der Waals surface area contributed by atoms with Crippen molar-refractivity contribution in [1.82, 2.24) is 4.98 Å². The van der Waals surface area contributed by atoms with Crippen molar-refractivity contribution in [2.45, 2.75) is 13.8 Å². The molecule has 0 radical (unpaired) electrons. The molecule has 0 aliphatic heterocycles. The second-order valence-electron chi connectivity index (χ2n) is 4.40. The summed E-state index contributed by atoms with van der Waals surface area (Å²) >= 11 is 1.05. The van der Waals surface area contributed by atoms with Gasteiger partial charge < -0.3 is 9.84 Å². The Bertz CT molecular complexity index is 661. The molecule has 0 bridgehead atoms. The lowest BCUT2D eigenvalue weighted by Gasteiger charge is -2.11. The minimum atomic E-state index is -1.13. The van der Waals surface area contributed by atoms with Gasteiger partial charge in [-0.05, 0) is 25.0 Å². The molecule has 1 amide bonds. The van der Waals surface area contributed by atoms with Crippen LogP contribution in [0.4, 0.5) is 5.13 Å². The first-order valence-corrected chi connectivity index (χ1v) is 7.03. The van der Waals surface area contributed by atoms with E-state index in [0.29, 0.717) is 5.75 Å². The van der Waals surface area contributed by atoms with Crippen LogP contribution in [0.1, 0.15) is 21.6 Å². The van der Waals surface area contributed by atoms with Crippen molar-refractivity contribution in [2.75, 3.05) is 11.9 Å². The van der Waals surface area contributed by atoms with E-state index in [0.717, 1.165) is 22.5 Å². The number of anilines is 1. The molecule has 2 rings (SSSR count). The quantitative estimate of drug-likeness (QED) is 0.886. The molecule has 21 heavy (non-hydrogen) atoms. The highest BCUT2D eigenvalue weighted by Crippen LogP contribution is 2.22. The van der Waals surface area contributed by atoms with Gasteiger partial charge in [0.2, 0.25) is 0 Å². The van der Waals surface area contributed by atoms with E-state index in [1.54, 1.807) is 0 Å². The number of carbonyl (C=O) groups is 2. The molecule has 0 aliphatic carbocycles. The van der Waals surface area contributed by atoms with Gasteiger partial charge in [0.1, 0.15) is 5.75 Å². The number of carboxylic acid groups (broad SMARTS) is 1. The van der Waals surface area contributed by atoms with E-state index < -0.39 is 5.97 Å². The van der Waals surface area contributed by atoms with Crippen LogP contribution in [0.2, 0.25) is 0 Å². The highest BCUT2D eigenvalue weighted by atomic mass is 32.1. The summed E-state index contributed by atoms with van der Waals surface area (Å²) in [5.41, 5.74) is 1.81. The molecule has 6 nitrogen and oxygen atoms in total. The lowest BCUT2D eigenvalue weighted by Crippen LogP contribution is -2.20. The molecule has 1 aromatic carbocycles. The van der Waals surface area contributed by atoms with Gasteiger partial charge in [-0.1, -0.05) is 18.2 Å². The van der Waals surface area contributed by atoms with E-state index in [1.807, 2.05) is 32.0 Å². The van der Waals surface area contributed by atoms with Crippen molar-refractivity contribution < 1.29 is 19.4 Å². The second kappa shape index (κ2) is 6.36. The minimum absolute atomic E-state index is 0.0917. The zero-order valence-corrected chi connectivity index (χ0v) is 12.4. The van der Waals surface area contributed by atoms with E-state index in [1.165, 1.54) is 5.38 Å². The van der Waals surface area contributed by atoms with Crippen LogP contribution in [0.15, 0.2) is 23.6 Å². The normalized spacial score (nSPS) is 10.2. The summed E-state index contributed by atoms with van der Waals surface area (Å²) in [7, 11) is 0. The predicted octanol–water partition coefficient (Wildman–Crippen LogP) is 2.48. The van der Waals surface area contributed by atoms with Crippen LogP contribution in [0.3, 0.4) is 0 Å². The SMILES string of the molecule is Cc1cccc(C)c1OCC(=O)Nc1nc(C(=O)O)cs1. The third-order valence-electron chi connectivity index (χ3n) is 2.73. The van der Waals surface area contributed by atoms with Crippen LogP contribution in [-0.4, -0.2) is 28.6 Å². The third kappa shape index (κ3) is 3.79. The van der Waals surface area contributed by atoms with Crippen molar-refractivity contribution in [3.8, 4) is 5.75 Å². The number of para-hydroxylation sites is 1. The highest BCUT2D eigenvalue weighted by Gasteiger charge is 2.12. The molecule has 0 aliphatic rings. The Hall–Kier alpha value is -2.41. The number of rotatable bonds is 5. The number of aromatic nitrogens is 1. The number of amides is 1. The topological polar surface area (TPSA) is 88.5 Å². The van der Waals surface area contributed by atoms with Gasteiger partial charge >= 0.3 is 5.97 Å². The molecule has 0 saturated carbocycles. The summed E-state index contributed by atoms with van der Waals surface area (Å²) in [5.74, 6) is -0.833. The average Bonchev–Trinajstić information content (AvgIpc) is 2.87. The van der Waals surface area contributed by atoms with Crippen LogP contribution >= 0.6 is 11.3 Å². The molecule has 0 atom stereocenters. The van der Waals surface area contributed by atoms with Gasteiger partial charge in [-0.3, -0.25) is 10.1 Å². The molecule has 0 fully saturated rings. The molecule has 2 N–H and O–H groups in total. The Morgan fingerprint density at radius 1 is 1.33 bits per heavy atom. The molecule has 0 unspecified atom stereocenters. The monoisotopic (exact) mass is 306 g/mol. The zero-order valence-electron chi connectivity index (χ0n) is 11.5. The first kappa shape index (κ1) is 15.0. The zero-order chi connectivity index (χ0) is 15.4. The molecular weight excluding hydrogens is 292 g/mol. The maximum Gasteiger partial charge on any atom is 0.355 e. The number of nitrogens with one attached hydrogen (secondary N) is 1. The van der Waals surface area contributed by atoms with Crippen molar-refractivity contribution in [3.05, 3.63) is 40.4 Å². The summed E-state index contributed by atoms with van der Waals surface area (Å²) in [6, 6.07) is 5.72. The summed E-state index contributed by atoms with van der Waals surface area (Å²) in [5, 5.41) is 12.9. The van der Waals surface area contributed by atoms with Gasteiger partial charge in [0.25, 0.3) is 5.91 Å². The highest BCUT2D eigenvalue weighted by molar-refractivity contribution is 7.14. The number of ether oxygens (including phenoxy) is 1. The Morgan fingerprint density at radius 3 is 2.57 bits per heavy atom. The first-order valence-electron chi connectivity index (χ1n) is 6.15.